The van der Waals surface area contributed by atoms with Crippen LogP contribution >= 0.6 is 0 Å². The zero-order chi connectivity index (χ0) is 20.8. The highest BCUT2D eigenvalue weighted by atomic mass is 19.3. The molecule has 0 unspecified atom stereocenters. The molecule has 0 bridgehead atoms. The van der Waals surface area contributed by atoms with Crippen molar-refractivity contribution in [3.63, 3.8) is 0 Å². The summed E-state index contributed by atoms with van der Waals surface area (Å²) in [5.74, 6) is -9.88. The summed E-state index contributed by atoms with van der Waals surface area (Å²) in [7, 11) is 1.79. The summed E-state index contributed by atoms with van der Waals surface area (Å²) >= 11 is 0. The number of aromatic nitrogens is 2. The molecule has 1 aromatic carbocycles. The highest BCUT2D eigenvalue weighted by Crippen LogP contribution is 2.56. The van der Waals surface area contributed by atoms with Crippen molar-refractivity contribution in [1.82, 2.24) is 9.78 Å². The third-order valence-corrected chi connectivity index (χ3v) is 6.13. The van der Waals surface area contributed by atoms with Gasteiger partial charge in [0, 0.05) is 43.5 Å². The largest absolute Gasteiger partial charge is 0.313 e. The van der Waals surface area contributed by atoms with Crippen LogP contribution in [0.15, 0.2) is 30.3 Å². The van der Waals surface area contributed by atoms with Crippen molar-refractivity contribution in [2.75, 3.05) is 5.32 Å². The van der Waals surface area contributed by atoms with Crippen LogP contribution in [-0.4, -0.2) is 27.5 Å². The van der Waals surface area contributed by atoms with Crippen LogP contribution in [0.3, 0.4) is 0 Å². The molecule has 1 atom stereocenters. The molecule has 2 aliphatic carbocycles. The minimum absolute atomic E-state index is 0.257. The van der Waals surface area contributed by atoms with E-state index >= 15 is 0 Å². The number of halogens is 4. The molecule has 0 aliphatic heterocycles. The lowest BCUT2D eigenvalue weighted by Gasteiger charge is -2.43. The van der Waals surface area contributed by atoms with Crippen LogP contribution in [0.2, 0.25) is 0 Å². The molecule has 1 amide bonds. The van der Waals surface area contributed by atoms with Crippen LogP contribution < -0.4 is 5.32 Å². The number of carbonyl (C=O) groups excluding carboxylic acids is 1. The first kappa shape index (κ1) is 19.9. The monoisotopic (exact) mass is 409 g/mol. The number of amides is 1. The lowest BCUT2D eigenvalue weighted by molar-refractivity contribution is -0.313. The van der Waals surface area contributed by atoms with Gasteiger partial charge in [-0.25, -0.2) is 0 Å². The van der Waals surface area contributed by atoms with Crippen LogP contribution in [0.4, 0.5) is 23.4 Å². The minimum atomic E-state index is -4.14. The molecule has 1 heterocycles. The Bertz CT molecular complexity index is 906. The van der Waals surface area contributed by atoms with E-state index in [0.29, 0.717) is 12.2 Å². The van der Waals surface area contributed by atoms with Gasteiger partial charge in [-0.2, -0.15) is 22.7 Å². The molecular weight excluding hydrogens is 386 g/mol. The summed E-state index contributed by atoms with van der Waals surface area (Å²) in [5, 5.41) is 7.04. The van der Waals surface area contributed by atoms with E-state index in [2.05, 4.69) is 10.4 Å². The van der Waals surface area contributed by atoms with Crippen LogP contribution in [0, 0.1) is 5.92 Å². The van der Waals surface area contributed by atoms with Gasteiger partial charge in [-0.05, 0) is 24.3 Å². The molecule has 2 aliphatic rings. The first-order valence-electron chi connectivity index (χ1n) is 9.84. The molecule has 1 aromatic heterocycles. The second-order valence-corrected chi connectivity index (χ2v) is 8.10. The quantitative estimate of drug-likeness (QED) is 0.690. The van der Waals surface area contributed by atoms with Crippen molar-refractivity contribution < 1.29 is 22.4 Å². The maximum atomic E-state index is 13.5. The Kier molecular flexibility index (Phi) is 4.91. The Balaban J connectivity index is 1.53. The Hall–Kier alpha value is -2.38. The Morgan fingerprint density at radius 3 is 2.45 bits per heavy atom. The first-order valence-corrected chi connectivity index (χ1v) is 9.84. The molecule has 0 spiro atoms. The molecule has 156 valence electrons. The molecule has 4 rings (SSSR count). The zero-order valence-corrected chi connectivity index (χ0v) is 16.1. The zero-order valence-electron chi connectivity index (χ0n) is 16.1. The van der Waals surface area contributed by atoms with Gasteiger partial charge in [-0.3, -0.25) is 9.48 Å². The van der Waals surface area contributed by atoms with E-state index in [1.165, 1.54) is 0 Å². The van der Waals surface area contributed by atoms with Gasteiger partial charge in [-0.1, -0.05) is 36.8 Å². The van der Waals surface area contributed by atoms with E-state index in [9.17, 15) is 22.4 Å². The molecule has 2 fully saturated rings. The van der Waals surface area contributed by atoms with E-state index in [-0.39, 0.29) is 5.92 Å². The molecular formula is C21H23F4N3O. The number of hydrogen-bond acceptors (Lipinski definition) is 2. The molecule has 2 aromatic rings. The second kappa shape index (κ2) is 7.15. The number of hydrogen-bond donors (Lipinski definition) is 1. The van der Waals surface area contributed by atoms with Gasteiger partial charge in [0.2, 0.25) is 5.91 Å². The molecule has 2 saturated carbocycles. The SMILES string of the molecule is Cn1nc(NC(=O)C[C@H]2CC(F)(F)C2(F)F)c(C2CCC2)c1Cc1ccccc1. The number of nitrogens with zero attached hydrogens (tertiary/aromatic N) is 2. The number of aryl methyl sites for hydroxylation is 1. The van der Waals surface area contributed by atoms with Crippen LogP contribution in [0.5, 0.6) is 0 Å². The average molecular weight is 409 g/mol. The topological polar surface area (TPSA) is 46.9 Å². The number of nitrogens with one attached hydrogen (secondary N) is 1. The van der Waals surface area contributed by atoms with Crippen molar-refractivity contribution in [3.8, 4) is 0 Å². The normalized spacial score (nSPS) is 22.6. The number of alkyl halides is 4. The second-order valence-electron chi connectivity index (χ2n) is 8.10. The van der Waals surface area contributed by atoms with E-state index in [0.717, 1.165) is 36.1 Å². The van der Waals surface area contributed by atoms with E-state index < -0.39 is 36.5 Å². The lowest BCUT2D eigenvalue weighted by Crippen LogP contribution is -2.59. The minimum Gasteiger partial charge on any atom is -0.309 e. The Morgan fingerprint density at radius 1 is 1.21 bits per heavy atom. The molecule has 29 heavy (non-hydrogen) atoms. The summed E-state index contributed by atoms with van der Waals surface area (Å²) in [6, 6.07) is 9.85. The van der Waals surface area contributed by atoms with Crippen molar-refractivity contribution in [1.29, 1.82) is 0 Å². The Labute approximate surface area is 166 Å². The maximum Gasteiger partial charge on any atom is 0.313 e. The summed E-state index contributed by atoms with van der Waals surface area (Å²) in [6.45, 7) is 0. The van der Waals surface area contributed by atoms with E-state index in [4.69, 9.17) is 0 Å². The van der Waals surface area contributed by atoms with E-state index in [1.54, 1.807) is 11.7 Å². The van der Waals surface area contributed by atoms with Gasteiger partial charge in [-0.15, -0.1) is 0 Å². The number of carbonyl (C=O) groups is 1. The average Bonchev–Trinajstić information content (AvgIpc) is 2.89. The standard InChI is InChI=1S/C21H23F4N3O/c1-28-16(10-13-6-3-2-4-7-13)18(14-8-5-9-14)19(27-28)26-17(29)11-15-12-20(22,23)21(15,24)25/h2-4,6-7,14-15H,5,8-12H2,1H3,(H,26,27,29)/t15-/m0/s1. The summed E-state index contributed by atoms with van der Waals surface area (Å²) in [4.78, 5) is 12.3. The van der Waals surface area contributed by atoms with Gasteiger partial charge >= 0.3 is 11.8 Å². The van der Waals surface area contributed by atoms with Crippen molar-refractivity contribution >= 4 is 11.7 Å². The predicted molar refractivity (Wildman–Crippen MR) is 100 cm³/mol. The predicted octanol–water partition coefficient (Wildman–Crippen LogP) is 4.90. The van der Waals surface area contributed by atoms with Gasteiger partial charge in [0.1, 0.15) is 0 Å². The fraction of sp³-hybridized carbons (Fsp3) is 0.524. The van der Waals surface area contributed by atoms with Gasteiger partial charge < -0.3 is 5.32 Å². The molecule has 8 heteroatoms. The first-order chi connectivity index (χ1) is 13.7. The molecule has 0 radical (unpaired) electrons. The fourth-order valence-electron chi connectivity index (χ4n) is 4.14. The third-order valence-electron chi connectivity index (χ3n) is 6.13. The number of rotatable bonds is 6. The smallest absolute Gasteiger partial charge is 0.309 e. The summed E-state index contributed by atoms with van der Waals surface area (Å²) in [5.41, 5.74) is 3.00. The highest BCUT2D eigenvalue weighted by Gasteiger charge is 2.71. The van der Waals surface area contributed by atoms with Crippen molar-refractivity contribution in [2.45, 2.75) is 56.3 Å². The van der Waals surface area contributed by atoms with Gasteiger partial charge in [0.15, 0.2) is 5.82 Å². The number of anilines is 1. The fourth-order valence-corrected chi connectivity index (χ4v) is 4.14. The van der Waals surface area contributed by atoms with Crippen LogP contribution in [0.25, 0.3) is 0 Å². The van der Waals surface area contributed by atoms with Crippen molar-refractivity contribution in [3.05, 3.63) is 47.2 Å². The molecule has 0 saturated heterocycles. The lowest BCUT2D eigenvalue weighted by atomic mass is 9.74. The van der Waals surface area contributed by atoms with E-state index in [1.807, 2.05) is 30.3 Å². The molecule has 1 N–H and O–H groups in total. The summed E-state index contributed by atoms with van der Waals surface area (Å²) < 4.78 is 54.8. The van der Waals surface area contributed by atoms with Crippen molar-refractivity contribution in [2.24, 2.45) is 13.0 Å². The molecule has 4 nitrogen and oxygen atoms in total. The third kappa shape index (κ3) is 3.53. The maximum absolute atomic E-state index is 13.5. The van der Waals surface area contributed by atoms with Gasteiger partial charge in [0.25, 0.3) is 0 Å². The Morgan fingerprint density at radius 2 is 1.90 bits per heavy atom. The highest BCUT2D eigenvalue weighted by molar-refractivity contribution is 5.91. The summed E-state index contributed by atoms with van der Waals surface area (Å²) in [6.07, 6.45) is 2.06. The van der Waals surface area contributed by atoms with Gasteiger partial charge in [0.05, 0.1) is 0 Å². The van der Waals surface area contributed by atoms with Crippen LogP contribution in [0.1, 0.15) is 54.8 Å². The number of benzene rings is 1. The van der Waals surface area contributed by atoms with Crippen LogP contribution in [-0.2, 0) is 18.3 Å².